The average Bonchev–Trinajstić information content (AvgIpc) is 3.35. The van der Waals surface area contributed by atoms with E-state index in [9.17, 15) is 18.8 Å². The number of furan rings is 1. The number of halogens is 1. The van der Waals surface area contributed by atoms with E-state index in [1.807, 2.05) is 0 Å². The van der Waals surface area contributed by atoms with Crippen LogP contribution >= 0.6 is 0 Å². The molecule has 3 amide bonds. The normalized spacial score (nSPS) is 20.3. The minimum Gasteiger partial charge on any atom is -0.467 e. The summed E-state index contributed by atoms with van der Waals surface area (Å²) in [5.74, 6) is -0.981. The Morgan fingerprint density at radius 2 is 1.83 bits per heavy atom. The maximum absolute atomic E-state index is 13.3. The fourth-order valence-electron chi connectivity index (χ4n) is 4.22. The Bertz CT molecular complexity index is 888. The Morgan fingerprint density at radius 3 is 2.48 bits per heavy atom. The molecule has 1 aromatic heterocycles. The predicted octanol–water partition coefficient (Wildman–Crippen LogP) is 3.66. The molecule has 152 valence electrons. The molecular formula is C22H23FN2O4. The van der Waals surface area contributed by atoms with Crippen molar-refractivity contribution in [3.05, 3.63) is 54.2 Å². The average molecular weight is 398 g/mol. The number of hydrogen-bond acceptors (Lipinski definition) is 4. The monoisotopic (exact) mass is 398 g/mol. The van der Waals surface area contributed by atoms with Gasteiger partial charge in [-0.1, -0.05) is 19.3 Å². The molecule has 1 unspecified atom stereocenters. The summed E-state index contributed by atoms with van der Waals surface area (Å²) in [6.07, 6.45) is 6.12. The topological polar surface area (TPSA) is 70.8 Å². The van der Waals surface area contributed by atoms with Gasteiger partial charge in [0.2, 0.25) is 11.8 Å². The van der Waals surface area contributed by atoms with Gasteiger partial charge in [0.05, 0.1) is 24.9 Å². The van der Waals surface area contributed by atoms with Crippen LogP contribution in [-0.2, 0) is 20.9 Å². The van der Waals surface area contributed by atoms with Crippen molar-refractivity contribution in [2.24, 2.45) is 5.92 Å². The number of amides is 3. The van der Waals surface area contributed by atoms with Crippen LogP contribution in [-0.4, -0.2) is 28.7 Å². The van der Waals surface area contributed by atoms with Crippen LogP contribution in [0.25, 0.3) is 0 Å². The number of imide groups is 1. The van der Waals surface area contributed by atoms with Gasteiger partial charge in [-0.05, 0) is 49.2 Å². The maximum atomic E-state index is 13.3. The largest absolute Gasteiger partial charge is 0.467 e. The van der Waals surface area contributed by atoms with Crippen LogP contribution in [0.15, 0.2) is 47.1 Å². The molecule has 2 heterocycles. The zero-order valence-corrected chi connectivity index (χ0v) is 16.1. The number of benzene rings is 1. The molecule has 0 radical (unpaired) electrons. The third-order valence-electron chi connectivity index (χ3n) is 5.73. The second-order valence-corrected chi connectivity index (χ2v) is 7.64. The lowest BCUT2D eigenvalue weighted by atomic mass is 9.88. The van der Waals surface area contributed by atoms with Crippen molar-refractivity contribution < 1.29 is 23.2 Å². The van der Waals surface area contributed by atoms with Gasteiger partial charge in [-0.3, -0.25) is 14.4 Å². The van der Waals surface area contributed by atoms with Gasteiger partial charge in [0.1, 0.15) is 17.6 Å². The van der Waals surface area contributed by atoms with Crippen molar-refractivity contribution >= 4 is 23.4 Å². The third-order valence-corrected chi connectivity index (χ3v) is 5.73. The summed E-state index contributed by atoms with van der Waals surface area (Å²) in [7, 11) is 0. The van der Waals surface area contributed by atoms with E-state index < -0.39 is 23.7 Å². The SMILES string of the molecule is O=C1CC(N(Cc2ccco2)C(=O)C2CCCCC2)C(=O)N1c1ccc(F)cc1. The van der Waals surface area contributed by atoms with Crippen LogP contribution < -0.4 is 4.90 Å². The first-order chi connectivity index (χ1) is 14.0. The molecule has 2 aliphatic rings. The molecule has 2 aromatic rings. The van der Waals surface area contributed by atoms with Crippen molar-refractivity contribution in [2.45, 2.75) is 51.1 Å². The minimum atomic E-state index is -0.882. The lowest BCUT2D eigenvalue weighted by Crippen LogP contribution is -2.47. The Labute approximate surface area is 168 Å². The van der Waals surface area contributed by atoms with Gasteiger partial charge in [0.15, 0.2) is 0 Å². The Hall–Kier alpha value is -2.96. The highest BCUT2D eigenvalue weighted by atomic mass is 19.1. The van der Waals surface area contributed by atoms with E-state index in [1.165, 1.54) is 35.4 Å². The van der Waals surface area contributed by atoms with E-state index in [-0.39, 0.29) is 24.8 Å². The van der Waals surface area contributed by atoms with Crippen LogP contribution in [0.3, 0.4) is 0 Å². The fourth-order valence-corrected chi connectivity index (χ4v) is 4.22. The van der Waals surface area contributed by atoms with Crippen LogP contribution in [0.4, 0.5) is 10.1 Å². The predicted molar refractivity (Wildman–Crippen MR) is 103 cm³/mol. The number of carbonyl (C=O) groups excluding carboxylic acids is 3. The van der Waals surface area contributed by atoms with Crippen LogP contribution in [0, 0.1) is 11.7 Å². The molecular weight excluding hydrogens is 375 g/mol. The molecule has 0 spiro atoms. The number of nitrogens with zero attached hydrogens (tertiary/aromatic N) is 2. The van der Waals surface area contributed by atoms with Gasteiger partial charge in [-0.15, -0.1) is 0 Å². The Kier molecular flexibility index (Phi) is 5.47. The second kappa shape index (κ2) is 8.19. The van der Waals surface area contributed by atoms with E-state index in [4.69, 9.17) is 4.42 Å². The van der Waals surface area contributed by atoms with E-state index in [1.54, 1.807) is 12.1 Å². The van der Waals surface area contributed by atoms with Gasteiger partial charge < -0.3 is 9.32 Å². The summed E-state index contributed by atoms with van der Waals surface area (Å²) in [6, 6.07) is 7.80. The lowest BCUT2D eigenvalue weighted by molar-refractivity contribution is -0.143. The molecule has 0 bridgehead atoms. The Balaban J connectivity index is 1.61. The van der Waals surface area contributed by atoms with E-state index in [0.717, 1.165) is 37.0 Å². The first-order valence-electron chi connectivity index (χ1n) is 10.00. The zero-order valence-electron chi connectivity index (χ0n) is 16.1. The number of carbonyl (C=O) groups is 3. The minimum absolute atomic E-state index is 0.0879. The lowest BCUT2D eigenvalue weighted by Gasteiger charge is -2.32. The molecule has 1 aliphatic carbocycles. The molecule has 29 heavy (non-hydrogen) atoms. The maximum Gasteiger partial charge on any atom is 0.257 e. The highest BCUT2D eigenvalue weighted by molar-refractivity contribution is 6.23. The molecule has 1 saturated carbocycles. The fraction of sp³-hybridized carbons (Fsp3) is 0.409. The van der Waals surface area contributed by atoms with Gasteiger partial charge in [-0.2, -0.15) is 0 Å². The number of anilines is 1. The van der Waals surface area contributed by atoms with Crippen LogP contribution in [0.1, 0.15) is 44.3 Å². The first kappa shape index (κ1) is 19.4. The van der Waals surface area contributed by atoms with Crippen molar-refractivity contribution in [3.63, 3.8) is 0 Å². The van der Waals surface area contributed by atoms with E-state index >= 15 is 0 Å². The standard InChI is InChI=1S/C22H23FN2O4/c23-16-8-10-17(11-9-16)25-20(26)13-19(22(25)28)24(14-18-7-4-12-29-18)21(27)15-5-2-1-3-6-15/h4,7-12,15,19H,1-3,5-6,13-14H2. The van der Waals surface area contributed by atoms with Crippen molar-refractivity contribution in [1.82, 2.24) is 4.90 Å². The van der Waals surface area contributed by atoms with Crippen LogP contribution in [0.5, 0.6) is 0 Å². The number of rotatable bonds is 5. The summed E-state index contributed by atoms with van der Waals surface area (Å²) < 4.78 is 18.6. The quantitative estimate of drug-likeness (QED) is 0.721. The molecule has 1 atom stereocenters. The smallest absolute Gasteiger partial charge is 0.257 e. The van der Waals surface area contributed by atoms with Crippen LogP contribution in [0.2, 0.25) is 0 Å². The van der Waals surface area contributed by atoms with Gasteiger partial charge >= 0.3 is 0 Å². The zero-order chi connectivity index (χ0) is 20.4. The summed E-state index contributed by atoms with van der Waals surface area (Å²) >= 11 is 0. The first-order valence-corrected chi connectivity index (χ1v) is 10.00. The molecule has 1 aromatic carbocycles. The molecule has 1 saturated heterocycles. The van der Waals surface area contributed by atoms with Crippen molar-refractivity contribution in [1.29, 1.82) is 0 Å². The molecule has 2 fully saturated rings. The Morgan fingerprint density at radius 1 is 1.10 bits per heavy atom. The summed E-state index contributed by atoms with van der Waals surface area (Å²) in [5.41, 5.74) is 0.312. The van der Waals surface area contributed by atoms with Gasteiger partial charge in [0, 0.05) is 5.92 Å². The third kappa shape index (κ3) is 3.95. The molecule has 4 rings (SSSR count). The summed E-state index contributed by atoms with van der Waals surface area (Å²) in [4.78, 5) is 41.6. The molecule has 0 N–H and O–H groups in total. The van der Waals surface area contributed by atoms with Crippen molar-refractivity contribution in [2.75, 3.05) is 4.90 Å². The second-order valence-electron chi connectivity index (χ2n) is 7.64. The highest BCUT2D eigenvalue weighted by Crippen LogP contribution is 2.31. The molecule has 1 aliphatic heterocycles. The number of hydrogen-bond donors (Lipinski definition) is 0. The van der Waals surface area contributed by atoms with E-state index in [0.29, 0.717) is 11.4 Å². The summed E-state index contributed by atoms with van der Waals surface area (Å²) in [5, 5.41) is 0. The van der Waals surface area contributed by atoms with Crippen molar-refractivity contribution in [3.8, 4) is 0 Å². The molecule has 6 nitrogen and oxygen atoms in total. The highest BCUT2D eigenvalue weighted by Gasteiger charge is 2.45. The molecule has 7 heteroatoms. The van der Waals surface area contributed by atoms with Gasteiger partial charge in [0.25, 0.3) is 5.91 Å². The van der Waals surface area contributed by atoms with E-state index in [2.05, 4.69) is 0 Å². The van der Waals surface area contributed by atoms with Gasteiger partial charge in [-0.25, -0.2) is 9.29 Å². The summed E-state index contributed by atoms with van der Waals surface area (Å²) in [6.45, 7) is 0.142.